The molecule has 0 radical (unpaired) electrons. The number of fused-ring (bicyclic) bond motifs is 1. The van der Waals surface area contributed by atoms with Crippen molar-refractivity contribution >= 4 is 27.6 Å². The summed E-state index contributed by atoms with van der Waals surface area (Å²) in [6.07, 6.45) is 2.03. The molecule has 0 fully saturated rings. The summed E-state index contributed by atoms with van der Waals surface area (Å²) in [7, 11) is 0. The van der Waals surface area contributed by atoms with Crippen molar-refractivity contribution in [1.29, 1.82) is 0 Å². The molecule has 0 bridgehead atoms. The van der Waals surface area contributed by atoms with E-state index >= 15 is 0 Å². The van der Waals surface area contributed by atoms with Gasteiger partial charge in [0.15, 0.2) is 4.96 Å². The van der Waals surface area contributed by atoms with Crippen LogP contribution in [0.25, 0.3) is 4.96 Å². The quantitative estimate of drug-likeness (QED) is 0.765. The maximum atomic E-state index is 11.0. The minimum atomic E-state index is -0.00689. The zero-order chi connectivity index (χ0) is 12.5. The molecule has 0 spiro atoms. The monoisotopic (exact) mass is 280 g/mol. The smallest absolute Gasteiger partial charge is 0.304 e. The third-order valence-electron chi connectivity index (χ3n) is 2.74. The number of thiazole rings is 2. The van der Waals surface area contributed by atoms with Crippen LogP contribution in [0, 0.1) is 6.92 Å². The molecule has 94 valence electrons. The van der Waals surface area contributed by atoms with Crippen molar-refractivity contribution in [3.63, 3.8) is 0 Å². The van der Waals surface area contributed by atoms with E-state index < -0.39 is 0 Å². The van der Waals surface area contributed by atoms with Crippen LogP contribution >= 0.6 is 22.7 Å². The molecule has 0 aliphatic rings. The lowest BCUT2D eigenvalue weighted by atomic mass is 10.3. The minimum Gasteiger partial charge on any atom is -0.315 e. The number of rotatable bonds is 4. The zero-order valence-electron chi connectivity index (χ0n) is 9.77. The number of H-pyrrole nitrogens is 1. The summed E-state index contributed by atoms with van der Waals surface area (Å²) in [6.45, 7) is 3.42. The largest absolute Gasteiger partial charge is 0.315 e. The van der Waals surface area contributed by atoms with Gasteiger partial charge in [-0.3, -0.25) is 9.20 Å². The SMILES string of the molecule is Cc1nc2sccn2c1CNCc1csc(=O)[nH]1. The van der Waals surface area contributed by atoms with E-state index in [0.717, 1.165) is 22.9 Å². The number of aromatic amines is 1. The summed E-state index contributed by atoms with van der Waals surface area (Å²) in [6, 6.07) is 0. The van der Waals surface area contributed by atoms with Gasteiger partial charge in [-0.15, -0.1) is 11.3 Å². The van der Waals surface area contributed by atoms with Gasteiger partial charge in [0.1, 0.15) is 0 Å². The van der Waals surface area contributed by atoms with Crippen LogP contribution in [0.15, 0.2) is 21.8 Å². The standard InChI is InChI=1S/C11H12N4OS2/c1-7-9(15-2-3-17-10(15)13-7)5-12-4-8-6-18-11(16)14-8/h2-3,6,12H,4-5H2,1H3,(H,14,16). The van der Waals surface area contributed by atoms with Gasteiger partial charge in [-0.2, -0.15) is 0 Å². The lowest BCUT2D eigenvalue weighted by molar-refractivity contribution is 0.663. The van der Waals surface area contributed by atoms with Gasteiger partial charge in [0.25, 0.3) is 0 Å². The van der Waals surface area contributed by atoms with Gasteiger partial charge in [0.2, 0.25) is 0 Å². The van der Waals surface area contributed by atoms with Crippen molar-refractivity contribution in [2.75, 3.05) is 0 Å². The number of nitrogens with one attached hydrogen (secondary N) is 2. The molecule has 0 unspecified atom stereocenters. The highest BCUT2D eigenvalue weighted by Gasteiger charge is 2.08. The Labute approximate surface area is 111 Å². The van der Waals surface area contributed by atoms with Gasteiger partial charge in [0.05, 0.1) is 11.4 Å². The fourth-order valence-electron chi connectivity index (χ4n) is 1.87. The molecule has 18 heavy (non-hydrogen) atoms. The summed E-state index contributed by atoms with van der Waals surface area (Å²) < 4.78 is 2.10. The van der Waals surface area contributed by atoms with E-state index in [1.807, 2.05) is 23.9 Å². The van der Waals surface area contributed by atoms with Crippen LogP contribution in [0.3, 0.4) is 0 Å². The van der Waals surface area contributed by atoms with Crippen LogP contribution in [-0.2, 0) is 13.1 Å². The van der Waals surface area contributed by atoms with Crippen molar-refractivity contribution in [3.05, 3.63) is 43.7 Å². The first-order chi connectivity index (χ1) is 8.74. The molecule has 0 saturated heterocycles. The molecule has 3 heterocycles. The molecule has 3 aromatic rings. The van der Waals surface area contributed by atoms with Crippen LogP contribution in [0.5, 0.6) is 0 Å². The van der Waals surface area contributed by atoms with Gasteiger partial charge in [-0.05, 0) is 6.92 Å². The summed E-state index contributed by atoms with van der Waals surface area (Å²) in [5.41, 5.74) is 3.14. The molecular formula is C11H12N4OS2. The van der Waals surface area contributed by atoms with Crippen molar-refractivity contribution in [2.45, 2.75) is 20.0 Å². The van der Waals surface area contributed by atoms with Crippen LogP contribution < -0.4 is 10.2 Å². The Bertz CT molecular complexity index is 721. The third kappa shape index (κ3) is 2.12. The molecule has 5 nitrogen and oxygen atoms in total. The lowest BCUT2D eigenvalue weighted by Crippen LogP contribution is -2.15. The fourth-order valence-corrected chi connectivity index (χ4v) is 3.23. The molecule has 0 aliphatic carbocycles. The van der Waals surface area contributed by atoms with Crippen molar-refractivity contribution in [2.24, 2.45) is 0 Å². The van der Waals surface area contributed by atoms with E-state index in [9.17, 15) is 4.79 Å². The second-order valence-corrected chi connectivity index (χ2v) is 5.69. The maximum Gasteiger partial charge on any atom is 0.304 e. The molecule has 7 heteroatoms. The molecule has 0 aromatic carbocycles. The highest BCUT2D eigenvalue weighted by Crippen LogP contribution is 2.16. The average Bonchev–Trinajstić information content (AvgIpc) is 2.99. The third-order valence-corrected chi connectivity index (χ3v) is 4.22. The predicted octanol–water partition coefficient (Wildman–Crippen LogP) is 1.74. The summed E-state index contributed by atoms with van der Waals surface area (Å²) >= 11 is 2.83. The normalized spacial score (nSPS) is 11.4. The van der Waals surface area contributed by atoms with Crippen LogP contribution in [0.4, 0.5) is 0 Å². The first-order valence-electron chi connectivity index (χ1n) is 5.52. The molecule has 0 saturated carbocycles. The van der Waals surface area contributed by atoms with Crippen molar-refractivity contribution in [3.8, 4) is 0 Å². The van der Waals surface area contributed by atoms with Crippen LogP contribution in [-0.4, -0.2) is 14.4 Å². The summed E-state index contributed by atoms with van der Waals surface area (Å²) in [5.74, 6) is 0. The van der Waals surface area contributed by atoms with Gasteiger partial charge in [-0.1, -0.05) is 11.3 Å². The number of imidazole rings is 1. The second kappa shape index (κ2) is 4.68. The molecule has 3 aromatic heterocycles. The Morgan fingerprint density at radius 1 is 1.44 bits per heavy atom. The minimum absolute atomic E-state index is 0.00689. The maximum absolute atomic E-state index is 11.0. The number of hydrogen-bond acceptors (Lipinski definition) is 5. The van der Waals surface area contributed by atoms with Gasteiger partial charge in [-0.25, -0.2) is 4.98 Å². The van der Waals surface area contributed by atoms with Crippen molar-refractivity contribution in [1.82, 2.24) is 19.7 Å². The van der Waals surface area contributed by atoms with Gasteiger partial charge in [0, 0.05) is 35.7 Å². The van der Waals surface area contributed by atoms with E-state index in [4.69, 9.17) is 0 Å². The number of hydrogen-bond donors (Lipinski definition) is 2. The van der Waals surface area contributed by atoms with E-state index in [0.29, 0.717) is 6.54 Å². The first kappa shape index (κ1) is 11.6. The predicted molar refractivity (Wildman–Crippen MR) is 73.3 cm³/mol. The fraction of sp³-hybridized carbons (Fsp3) is 0.273. The molecule has 3 rings (SSSR count). The summed E-state index contributed by atoms with van der Waals surface area (Å²) in [4.78, 5) is 19.3. The van der Waals surface area contributed by atoms with E-state index in [1.165, 1.54) is 17.0 Å². The number of nitrogens with zero attached hydrogens (tertiary/aromatic N) is 2. The Morgan fingerprint density at radius 2 is 2.33 bits per heavy atom. The topological polar surface area (TPSA) is 62.2 Å². The first-order valence-corrected chi connectivity index (χ1v) is 7.28. The molecule has 0 aliphatic heterocycles. The Morgan fingerprint density at radius 3 is 3.11 bits per heavy atom. The van der Waals surface area contributed by atoms with Crippen LogP contribution in [0.1, 0.15) is 17.1 Å². The lowest BCUT2D eigenvalue weighted by Gasteiger charge is -2.03. The van der Waals surface area contributed by atoms with Gasteiger partial charge < -0.3 is 10.3 Å². The molecule has 0 atom stereocenters. The Hall–Kier alpha value is -1.44. The number of aryl methyl sites for hydroxylation is 1. The Kier molecular flexibility index (Phi) is 3.02. The average molecular weight is 280 g/mol. The highest BCUT2D eigenvalue weighted by molar-refractivity contribution is 7.15. The van der Waals surface area contributed by atoms with Crippen molar-refractivity contribution < 1.29 is 0 Å². The molecular weight excluding hydrogens is 268 g/mol. The molecule has 2 N–H and O–H groups in total. The van der Waals surface area contributed by atoms with E-state index in [1.54, 1.807) is 11.3 Å². The molecule has 0 amide bonds. The number of aromatic nitrogens is 3. The zero-order valence-corrected chi connectivity index (χ0v) is 11.4. The van der Waals surface area contributed by atoms with Crippen LogP contribution in [0.2, 0.25) is 0 Å². The van der Waals surface area contributed by atoms with E-state index in [-0.39, 0.29) is 4.87 Å². The Balaban J connectivity index is 1.71. The van der Waals surface area contributed by atoms with E-state index in [2.05, 4.69) is 19.7 Å². The highest BCUT2D eigenvalue weighted by atomic mass is 32.1. The second-order valence-electron chi connectivity index (χ2n) is 3.98. The van der Waals surface area contributed by atoms with Gasteiger partial charge >= 0.3 is 4.87 Å². The summed E-state index contributed by atoms with van der Waals surface area (Å²) in [5, 5.41) is 7.20.